The molecule has 23 nitrogen and oxygen atoms in total. The fourth-order valence-electron chi connectivity index (χ4n) is 13.6. The fraction of sp³-hybridized carbons (Fsp3) is 0.803. The Balaban J connectivity index is 0.0000144. The average molecular weight is 1340 g/mol. The van der Waals surface area contributed by atoms with E-state index in [1.165, 1.54) is 18.1 Å². The number of amides is 3. The number of fused-ring (bicyclic) bond motifs is 5. The number of rotatable bonds is 33. The Morgan fingerprint density at radius 2 is 1.14 bits per heavy atom. The third-order valence-electron chi connectivity index (χ3n) is 18.2. The average Bonchev–Trinajstić information content (AvgIpc) is 1.50. The molecule has 11 atom stereocenters. The molecule has 11 unspecified atom stereocenters. The molecule has 2 saturated carbocycles. The number of carboxylic acid groups (broad SMARTS) is 1. The topological polar surface area (TPSA) is 308 Å². The van der Waals surface area contributed by atoms with Crippen molar-refractivity contribution >= 4 is 47.4 Å². The number of aromatic hydroxyl groups is 1. The summed E-state index contributed by atoms with van der Waals surface area (Å²) in [4.78, 5) is 103. The van der Waals surface area contributed by atoms with Crippen LogP contribution in [0.4, 0.5) is 0 Å². The molecule has 1 aromatic carbocycles. The molecule has 2 aliphatic heterocycles. The molecular formula is C71H126N4O19. The van der Waals surface area contributed by atoms with Gasteiger partial charge in [-0.2, -0.15) is 0 Å². The predicted octanol–water partition coefficient (Wildman–Crippen LogP) is 11.1. The molecule has 1 spiro atoms. The van der Waals surface area contributed by atoms with Gasteiger partial charge in [-0.05, 0) is 161 Å². The molecule has 3 amide bonds. The minimum atomic E-state index is -1.57. The molecule has 1 aromatic rings. The number of carbonyl (C=O) groups is 8. The highest BCUT2D eigenvalue weighted by Crippen LogP contribution is 2.62. The van der Waals surface area contributed by atoms with E-state index in [-0.39, 0.29) is 144 Å². The molecule has 2 saturated heterocycles. The summed E-state index contributed by atoms with van der Waals surface area (Å²) in [5.41, 5.74) is 2.10. The molecule has 5 aliphatic rings. The van der Waals surface area contributed by atoms with E-state index < -0.39 is 109 Å². The Bertz CT molecular complexity index is 2540. The van der Waals surface area contributed by atoms with Gasteiger partial charge in [-0.1, -0.05) is 120 Å². The van der Waals surface area contributed by atoms with Crippen molar-refractivity contribution in [3.05, 3.63) is 29.3 Å². The van der Waals surface area contributed by atoms with Gasteiger partial charge >= 0.3 is 23.9 Å². The number of hydrogen-bond donors (Lipinski definition) is 6. The van der Waals surface area contributed by atoms with E-state index in [1.807, 2.05) is 60.6 Å². The molecule has 94 heavy (non-hydrogen) atoms. The van der Waals surface area contributed by atoms with Crippen LogP contribution in [0.2, 0.25) is 0 Å². The van der Waals surface area contributed by atoms with Crippen LogP contribution in [0.15, 0.2) is 18.2 Å². The van der Waals surface area contributed by atoms with Crippen molar-refractivity contribution in [1.82, 2.24) is 21.3 Å². The molecule has 4 fully saturated rings. The summed E-state index contributed by atoms with van der Waals surface area (Å²) in [6, 6.07) is 1.55. The lowest BCUT2D eigenvalue weighted by Crippen LogP contribution is -2.60. The van der Waals surface area contributed by atoms with Crippen LogP contribution in [0.3, 0.4) is 0 Å². The van der Waals surface area contributed by atoms with Gasteiger partial charge in [0.15, 0.2) is 0 Å². The predicted molar refractivity (Wildman–Crippen MR) is 361 cm³/mol. The van der Waals surface area contributed by atoms with Gasteiger partial charge in [0.25, 0.3) is 11.9 Å². The molecular weight excluding hydrogens is 1210 g/mol. The number of ketones is 1. The number of aryl methyl sites for hydroxylation is 1. The number of aliphatic carboxylic acids is 1. The monoisotopic (exact) mass is 1340 g/mol. The van der Waals surface area contributed by atoms with Crippen LogP contribution in [0, 0.1) is 46.3 Å². The number of Topliss-reactive ketones (excluding diaryl/α,β-unsaturated/α-hetero) is 1. The molecule has 23 heteroatoms. The third kappa shape index (κ3) is 25.0. The number of hydrogen-bond acceptors (Lipinski definition) is 19. The van der Waals surface area contributed by atoms with Crippen LogP contribution in [-0.2, 0) is 87.4 Å². The zero-order chi connectivity index (χ0) is 64.7. The highest BCUT2D eigenvalue weighted by molar-refractivity contribution is 6.00. The Kier molecular flexibility index (Phi) is 37.6. The van der Waals surface area contributed by atoms with Gasteiger partial charge in [-0.25, -0.2) is 14.4 Å². The second kappa shape index (κ2) is 39.8. The van der Waals surface area contributed by atoms with Crippen molar-refractivity contribution in [1.29, 1.82) is 0 Å². The van der Waals surface area contributed by atoms with Crippen LogP contribution < -0.4 is 21.3 Å². The smallest absolute Gasteiger partial charge is 0.331 e. The molecule has 3 aliphatic carbocycles. The van der Waals surface area contributed by atoms with Crippen LogP contribution in [-0.4, -0.2) is 153 Å². The zero-order valence-corrected chi connectivity index (χ0v) is 54.1. The highest BCUT2D eigenvalue weighted by atomic mass is 16.9. The van der Waals surface area contributed by atoms with E-state index in [0.29, 0.717) is 49.2 Å². The maximum Gasteiger partial charge on any atom is 0.331 e. The van der Waals surface area contributed by atoms with Gasteiger partial charge in [0, 0.05) is 12.8 Å². The number of likely N-dealkylation sites (N-methyl/N-ethyl adjacent to an activating group) is 1. The number of esters is 3. The summed E-state index contributed by atoms with van der Waals surface area (Å²) in [5.74, 6) is -7.70. The van der Waals surface area contributed by atoms with Gasteiger partial charge in [0.05, 0.1) is 50.5 Å². The molecule has 544 valence electrons. The summed E-state index contributed by atoms with van der Waals surface area (Å²) < 4.78 is 56.1. The highest BCUT2D eigenvalue weighted by Gasteiger charge is 2.57. The summed E-state index contributed by atoms with van der Waals surface area (Å²) in [5, 5.41) is 30.4. The molecule has 0 radical (unpaired) electrons. The lowest BCUT2D eigenvalue weighted by Gasteiger charge is -2.50. The van der Waals surface area contributed by atoms with E-state index in [2.05, 4.69) is 34.3 Å². The van der Waals surface area contributed by atoms with Crippen molar-refractivity contribution in [2.24, 2.45) is 46.3 Å². The first kappa shape index (κ1) is 88.7. The van der Waals surface area contributed by atoms with Crippen molar-refractivity contribution in [2.45, 2.75) is 278 Å². The van der Waals surface area contributed by atoms with Crippen LogP contribution in [0.5, 0.6) is 5.75 Å². The third-order valence-corrected chi connectivity index (χ3v) is 18.2. The van der Waals surface area contributed by atoms with Gasteiger partial charge in [-0.3, -0.25) is 24.0 Å². The van der Waals surface area contributed by atoms with Crippen molar-refractivity contribution in [2.75, 3.05) is 46.9 Å². The quantitative estimate of drug-likeness (QED) is 0.0216. The van der Waals surface area contributed by atoms with E-state index in [4.69, 9.17) is 42.6 Å². The van der Waals surface area contributed by atoms with Gasteiger partial charge in [0.2, 0.25) is 24.5 Å². The van der Waals surface area contributed by atoms with Gasteiger partial charge in [0.1, 0.15) is 48.7 Å². The normalized spacial score (nSPS) is 26.0. The lowest BCUT2D eigenvalue weighted by molar-refractivity contribution is -0.474. The molecule has 6 rings (SSSR count). The second-order valence-electron chi connectivity index (χ2n) is 27.2. The number of nitrogens with one attached hydrogen (secondary N) is 4. The Labute approximate surface area is 563 Å². The SMILES string of the molecule is C.C.C.C.C.C.CCC1(OC(CCC(C)CC(NC)C(=O)O)COC(=O)C(CC(C)C)NC(=O)CC(=O)NC(CC(C)C)C(=O)OCOC(=O)C(CC(C)C)NC(=O)CC(C)=O)OCC2(CO1)COC(CC)(OC1CC3C4CCc5cc(O)ccc5C4CCC3(C)C1)OC2. The number of carboxylic acids is 1. The van der Waals surface area contributed by atoms with E-state index in [9.17, 15) is 48.6 Å². The first-order valence-electron chi connectivity index (χ1n) is 32.0. The van der Waals surface area contributed by atoms with E-state index in [0.717, 1.165) is 38.5 Å². The van der Waals surface area contributed by atoms with Crippen LogP contribution in [0.1, 0.15) is 234 Å². The zero-order valence-electron chi connectivity index (χ0n) is 54.1. The molecule has 2 heterocycles. The summed E-state index contributed by atoms with van der Waals surface area (Å²) in [6.07, 6.45) is 6.29. The Morgan fingerprint density at radius 3 is 1.61 bits per heavy atom. The minimum absolute atomic E-state index is 0. The first-order chi connectivity index (χ1) is 41.5. The standard InChI is InChI=1S/C65H102N4O19.6CH4/c1-13-64(83-33-63(34-84-64)35-85-65(14-2,86-36-63)88-46-29-50-49-19-16-43-28-44(71)17-20-47(43)48(49)21-22-62(50,11)31-46)87-45(18-15-41(9)26-51(66-12)58(75)76)32-80-59(77)52(23-38(3)4)68-56(73)30-57(74)69-54(25-40(7)8)61(79)82-37-81-60(78)53(24-39(5)6)67-55(72)27-42(10)70;;;;;;/h17,20,28,38-41,45-46,48-54,66,71H,13-16,18-19,21-27,29-37H2,1-12H3,(H,67,72)(H,68,73)(H,69,74)(H,75,76);6*1H4. The largest absolute Gasteiger partial charge is 0.508 e. The number of benzene rings is 1. The number of ether oxygens (including phenoxy) is 9. The Morgan fingerprint density at radius 1 is 0.649 bits per heavy atom. The summed E-state index contributed by atoms with van der Waals surface area (Å²) in [6.45, 7) is 20.0. The van der Waals surface area contributed by atoms with Gasteiger partial charge in [-0.15, -0.1) is 0 Å². The molecule has 6 N–H and O–H groups in total. The van der Waals surface area contributed by atoms with Crippen molar-refractivity contribution in [3.63, 3.8) is 0 Å². The van der Waals surface area contributed by atoms with E-state index >= 15 is 0 Å². The fourth-order valence-corrected chi connectivity index (χ4v) is 13.6. The first-order valence-corrected chi connectivity index (χ1v) is 32.0. The lowest BCUT2D eigenvalue weighted by atomic mass is 9.56. The second-order valence-corrected chi connectivity index (χ2v) is 27.2. The van der Waals surface area contributed by atoms with Crippen LogP contribution in [0.25, 0.3) is 0 Å². The minimum Gasteiger partial charge on any atom is -0.508 e. The van der Waals surface area contributed by atoms with E-state index in [1.54, 1.807) is 20.9 Å². The summed E-state index contributed by atoms with van der Waals surface area (Å²) in [7, 11) is 1.59. The molecule has 0 bridgehead atoms. The van der Waals surface area contributed by atoms with Crippen molar-refractivity contribution in [3.8, 4) is 5.75 Å². The van der Waals surface area contributed by atoms with Gasteiger partial charge < -0.3 is 74.1 Å². The van der Waals surface area contributed by atoms with Crippen LogP contribution >= 0.6 is 0 Å². The summed E-state index contributed by atoms with van der Waals surface area (Å²) >= 11 is 0. The number of phenolic OH excluding ortho intramolecular Hbond substituents is 1. The maximum atomic E-state index is 14.0. The van der Waals surface area contributed by atoms with Crippen molar-refractivity contribution < 1.29 is 91.2 Å². The maximum absolute atomic E-state index is 14.0. The molecule has 0 aromatic heterocycles. The number of phenols is 1. The Hall–Kier alpha value is -5.30. The number of carbonyl (C=O) groups excluding carboxylic acids is 7.